The number of hydrogen-bond donors (Lipinski definition) is 2. The Kier molecular flexibility index (Phi) is 2.97. The van der Waals surface area contributed by atoms with Gasteiger partial charge in [0.1, 0.15) is 0 Å². The number of carboxylic acid groups (broad SMARTS) is 1. The van der Waals surface area contributed by atoms with Crippen LogP contribution in [0.5, 0.6) is 0 Å². The van der Waals surface area contributed by atoms with Crippen LogP contribution in [0.4, 0.5) is 0 Å². The lowest BCUT2D eigenvalue weighted by molar-refractivity contribution is -0.139. The molecule has 0 aromatic carbocycles. The Morgan fingerprint density at radius 1 is 1.62 bits per heavy atom. The van der Waals surface area contributed by atoms with E-state index in [9.17, 15) is 9.90 Å². The molecule has 0 radical (unpaired) electrons. The molecule has 1 rings (SSSR count). The molecule has 4 heteroatoms. The van der Waals surface area contributed by atoms with Crippen LogP contribution in [-0.2, 0) is 4.79 Å². The molecule has 70 valence electrons. The lowest BCUT2D eigenvalue weighted by Crippen LogP contribution is -2.05. The third-order valence-corrected chi connectivity index (χ3v) is 1.65. The fraction of sp³-hybridized carbons (Fsp3) is 0.333. The second-order valence-electron chi connectivity index (χ2n) is 2.91. The van der Waals surface area contributed by atoms with E-state index in [0.29, 0.717) is 5.56 Å². The number of nitrogens with zero attached hydrogens (tertiary/aromatic N) is 1. The second-order valence-corrected chi connectivity index (χ2v) is 2.91. The summed E-state index contributed by atoms with van der Waals surface area (Å²) < 4.78 is 0. The van der Waals surface area contributed by atoms with Gasteiger partial charge < -0.3 is 10.2 Å². The number of pyridine rings is 1. The van der Waals surface area contributed by atoms with Gasteiger partial charge in [-0.15, -0.1) is 0 Å². The van der Waals surface area contributed by atoms with E-state index in [4.69, 9.17) is 5.11 Å². The van der Waals surface area contributed by atoms with E-state index >= 15 is 0 Å². The van der Waals surface area contributed by atoms with Gasteiger partial charge in [-0.25, -0.2) is 0 Å². The molecule has 0 saturated carbocycles. The number of aliphatic hydroxyl groups excluding tert-OH is 1. The van der Waals surface area contributed by atoms with Crippen LogP contribution in [-0.4, -0.2) is 21.2 Å². The summed E-state index contributed by atoms with van der Waals surface area (Å²) in [6.07, 6.45) is 1.87. The quantitative estimate of drug-likeness (QED) is 0.726. The number of aryl methyl sites for hydroxylation is 1. The minimum absolute atomic E-state index is 0.287. The van der Waals surface area contributed by atoms with Gasteiger partial charge in [0.2, 0.25) is 0 Å². The van der Waals surface area contributed by atoms with Crippen molar-refractivity contribution in [1.29, 1.82) is 0 Å². The average molecular weight is 181 g/mol. The van der Waals surface area contributed by atoms with Crippen LogP contribution in [0.25, 0.3) is 0 Å². The van der Waals surface area contributed by atoms with Gasteiger partial charge in [-0.3, -0.25) is 9.78 Å². The minimum Gasteiger partial charge on any atom is -0.481 e. The van der Waals surface area contributed by atoms with Crippen molar-refractivity contribution in [1.82, 2.24) is 4.98 Å². The molecule has 2 N–H and O–H groups in total. The molecule has 1 aromatic heterocycles. The maximum Gasteiger partial charge on any atom is 0.306 e. The van der Waals surface area contributed by atoms with E-state index in [1.54, 1.807) is 12.3 Å². The molecule has 0 fully saturated rings. The molecule has 0 unspecified atom stereocenters. The molecule has 0 bridgehead atoms. The predicted molar refractivity (Wildman–Crippen MR) is 46.2 cm³/mol. The normalized spacial score (nSPS) is 12.5. The molecular weight excluding hydrogens is 170 g/mol. The summed E-state index contributed by atoms with van der Waals surface area (Å²) in [4.78, 5) is 14.1. The van der Waals surface area contributed by atoms with Gasteiger partial charge in [-0.2, -0.15) is 0 Å². The topological polar surface area (TPSA) is 70.4 Å². The molecule has 0 saturated heterocycles. The number of hydrogen-bond acceptors (Lipinski definition) is 3. The fourth-order valence-electron chi connectivity index (χ4n) is 1.04. The lowest BCUT2D eigenvalue weighted by Gasteiger charge is -2.07. The van der Waals surface area contributed by atoms with Crippen molar-refractivity contribution in [3.05, 3.63) is 29.6 Å². The van der Waals surface area contributed by atoms with Gasteiger partial charge in [0.05, 0.1) is 12.5 Å². The second kappa shape index (κ2) is 4.00. The highest BCUT2D eigenvalue weighted by Gasteiger charge is 2.11. The molecule has 13 heavy (non-hydrogen) atoms. The van der Waals surface area contributed by atoms with Crippen molar-refractivity contribution in [2.75, 3.05) is 0 Å². The van der Waals surface area contributed by atoms with E-state index in [1.165, 1.54) is 6.20 Å². The summed E-state index contributed by atoms with van der Waals surface area (Å²) in [6.45, 7) is 1.84. The zero-order valence-electron chi connectivity index (χ0n) is 7.27. The van der Waals surface area contributed by atoms with Crippen molar-refractivity contribution < 1.29 is 15.0 Å². The van der Waals surface area contributed by atoms with E-state index < -0.39 is 12.1 Å². The Morgan fingerprint density at radius 3 is 2.85 bits per heavy atom. The summed E-state index contributed by atoms with van der Waals surface area (Å²) in [7, 11) is 0. The molecule has 0 aliphatic rings. The molecule has 0 amide bonds. The van der Waals surface area contributed by atoms with Gasteiger partial charge in [0, 0.05) is 12.4 Å². The summed E-state index contributed by atoms with van der Waals surface area (Å²) >= 11 is 0. The van der Waals surface area contributed by atoms with Crippen LogP contribution in [0.3, 0.4) is 0 Å². The van der Waals surface area contributed by atoms with Gasteiger partial charge in [-0.05, 0) is 18.1 Å². The number of aliphatic carboxylic acids is 1. The highest BCUT2D eigenvalue weighted by molar-refractivity contribution is 5.67. The van der Waals surface area contributed by atoms with Crippen molar-refractivity contribution in [3.63, 3.8) is 0 Å². The summed E-state index contributed by atoms with van der Waals surface area (Å²) in [5.74, 6) is -1.02. The van der Waals surface area contributed by atoms with Crippen LogP contribution in [0.1, 0.15) is 23.7 Å². The number of aromatic nitrogens is 1. The van der Waals surface area contributed by atoms with E-state index in [2.05, 4.69) is 4.98 Å². The Bertz CT molecular complexity index is 311. The first-order valence-corrected chi connectivity index (χ1v) is 3.91. The maximum absolute atomic E-state index is 10.3. The monoisotopic (exact) mass is 181 g/mol. The van der Waals surface area contributed by atoms with Gasteiger partial charge in [0.25, 0.3) is 0 Å². The summed E-state index contributed by atoms with van der Waals surface area (Å²) in [5, 5.41) is 17.8. The molecule has 4 nitrogen and oxygen atoms in total. The predicted octanol–water partition coefficient (Wildman–Crippen LogP) is 0.898. The Labute approximate surface area is 75.9 Å². The SMILES string of the molecule is Cc1cncc([C@H](O)CC(=O)O)c1. The van der Waals surface area contributed by atoms with E-state index in [-0.39, 0.29) is 6.42 Å². The largest absolute Gasteiger partial charge is 0.481 e. The Hall–Kier alpha value is -1.42. The molecule has 1 atom stereocenters. The zero-order chi connectivity index (χ0) is 9.84. The van der Waals surface area contributed by atoms with Crippen LogP contribution < -0.4 is 0 Å². The number of rotatable bonds is 3. The van der Waals surface area contributed by atoms with Crippen molar-refractivity contribution in [3.8, 4) is 0 Å². The first-order valence-electron chi connectivity index (χ1n) is 3.91. The summed E-state index contributed by atoms with van der Waals surface area (Å²) in [6, 6.07) is 1.72. The smallest absolute Gasteiger partial charge is 0.306 e. The maximum atomic E-state index is 10.3. The van der Waals surface area contributed by atoms with E-state index in [0.717, 1.165) is 5.56 Å². The molecule has 1 aromatic rings. The highest BCUT2D eigenvalue weighted by atomic mass is 16.4. The van der Waals surface area contributed by atoms with Gasteiger partial charge >= 0.3 is 5.97 Å². The first kappa shape index (κ1) is 9.67. The Balaban J connectivity index is 2.76. The van der Waals surface area contributed by atoms with E-state index in [1.807, 2.05) is 6.92 Å². The van der Waals surface area contributed by atoms with Crippen molar-refractivity contribution >= 4 is 5.97 Å². The number of aliphatic hydroxyl groups is 1. The third-order valence-electron chi connectivity index (χ3n) is 1.65. The molecule has 0 aliphatic heterocycles. The minimum atomic E-state index is -1.02. The van der Waals surface area contributed by atoms with Gasteiger partial charge in [-0.1, -0.05) is 6.07 Å². The molecule has 1 heterocycles. The van der Waals surface area contributed by atoms with Crippen molar-refractivity contribution in [2.45, 2.75) is 19.4 Å². The molecule has 0 aliphatic carbocycles. The number of carbonyl (C=O) groups is 1. The van der Waals surface area contributed by atoms with Crippen molar-refractivity contribution in [2.24, 2.45) is 0 Å². The summed E-state index contributed by atoms with van der Waals surface area (Å²) in [5.41, 5.74) is 1.45. The van der Waals surface area contributed by atoms with Crippen LogP contribution in [0.2, 0.25) is 0 Å². The zero-order valence-corrected chi connectivity index (χ0v) is 7.27. The lowest BCUT2D eigenvalue weighted by atomic mass is 10.1. The van der Waals surface area contributed by atoms with Crippen LogP contribution >= 0.6 is 0 Å². The van der Waals surface area contributed by atoms with Gasteiger partial charge in [0.15, 0.2) is 0 Å². The number of carboxylic acids is 1. The van der Waals surface area contributed by atoms with Crippen LogP contribution in [0.15, 0.2) is 18.5 Å². The highest BCUT2D eigenvalue weighted by Crippen LogP contribution is 2.15. The Morgan fingerprint density at radius 2 is 2.31 bits per heavy atom. The first-order chi connectivity index (χ1) is 6.09. The van der Waals surface area contributed by atoms with Crippen LogP contribution in [0, 0.1) is 6.92 Å². The average Bonchev–Trinajstić information content (AvgIpc) is 2.03. The third kappa shape index (κ3) is 2.83. The molecular formula is C9H11NO3. The molecule has 0 spiro atoms. The standard InChI is InChI=1S/C9H11NO3/c1-6-2-7(5-10-4-6)8(11)3-9(12)13/h2,4-5,8,11H,3H2,1H3,(H,12,13)/t8-/m1/s1. The fourth-order valence-corrected chi connectivity index (χ4v) is 1.04.